The number of aromatic carboxylic acids is 1. The van der Waals surface area contributed by atoms with Gasteiger partial charge in [0, 0.05) is 5.92 Å². The topological polar surface area (TPSA) is 63.3 Å². The second-order valence-electron chi connectivity index (χ2n) is 5.56. The number of thiophene rings is 1. The van der Waals surface area contributed by atoms with E-state index < -0.39 is 5.97 Å². The Labute approximate surface area is 127 Å². The maximum atomic E-state index is 11.5. The van der Waals surface area contributed by atoms with Crippen LogP contribution in [-0.4, -0.2) is 16.1 Å². The molecule has 4 nitrogen and oxygen atoms in total. The first-order valence-electron chi connectivity index (χ1n) is 7.53. The molecule has 2 aromatic rings. The van der Waals surface area contributed by atoms with Crippen LogP contribution < -0.4 is 0 Å². The summed E-state index contributed by atoms with van der Waals surface area (Å²) in [5.74, 6) is 0.225. The molecule has 1 aliphatic carbocycles. The van der Waals surface area contributed by atoms with Crippen molar-refractivity contribution in [1.29, 1.82) is 0 Å². The predicted molar refractivity (Wildman–Crippen MR) is 81.8 cm³/mol. The molecule has 21 heavy (non-hydrogen) atoms. The van der Waals surface area contributed by atoms with Crippen molar-refractivity contribution in [1.82, 2.24) is 4.98 Å². The van der Waals surface area contributed by atoms with E-state index in [2.05, 4.69) is 4.98 Å². The number of oxazole rings is 1. The minimum Gasteiger partial charge on any atom is -0.476 e. The monoisotopic (exact) mass is 305 g/mol. The number of hydrogen-bond acceptors (Lipinski definition) is 4. The van der Waals surface area contributed by atoms with Gasteiger partial charge >= 0.3 is 5.97 Å². The molecule has 112 valence electrons. The standard InChI is InChI=1S/C16H19NO3S/c18-16(19)13-14(11-7-4-2-1-3-5-8-11)20-15(17-13)12-9-6-10-21-12/h6,9-11H,1-5,7-8H2,(H,18,19). The first kappa shape index (κ1) is 14.3. The first-order valence-corrected chi connectivity index (χ1v) is 8.41. The molecule has 0 saturated heterocycles. The molecule has 0 aliphatic heterocycles. The summed E-state index contributed by atoms with van der Waals surface area (Å²) in [5.41, 5.74) is 0.101. The van der Waals surface area contributed by atoms with Crippen molar-refractivity contribution in [2.75, 3.05) is 0 Å². The lowest BCUT2D eigenvalue weighted by atomic mass is 9.89. The van der Waals surface area contributed by atoms with Crippen LogP contribution in [0.25, 0.3) is 10.8 Å². The molecule has 0 spiro atoms. The number of hydrogen-bond donors (Lipinski definition) is 1. The van der Waals surface area contributed by atoms with Crippen LogP contribution in [0, 0.1) is 0 Å². The second-order valence-corrected chi connectivity index (χ2v) is 6.50. The van der Waals surface area contributed by atoms with E-state index in [0.717, 1.165) is 30.6 Å². The normalized spacial score (nSPS) is 17.3. The van der Waals surface area contributed by atoms with Crippen LogP contribution in [0.1, 0.15) is 67.1 Å². The number of carboxylic acid groups (broad SMARTS) is 1. The molecule has 0 unspecified atom stereocenters. The highest BCUT2D eigenvalue weighted by Crippen LogP contribution is 2.36. The molecule has 5 heteroatoms. The summed E-state index contributed by atoms with van der Waals surface area (Å²) in [6, 6.07) is 3.82. The average Bonchev–Trinajstić information content (AvgIpc) is 3.07. The Hall–Kier alpha value is -1.62. The first-order chi connectivity index (χ1) is 10.3. The molecule has 0 bridgehead atoms. The predicted octanol–water partition coefficient (Wildman–Crippen LogP) is 4.93. The van der Waals surface area contributed by atoms with Crippen LogP contribution in [0.4, 0.5) is 0 Å². The highest BCUT2D eigenvalue weighted by molar-refractivity contribution is 7.13. The quantitative estimate of drug-likeness (QED) is 0.873. The fourth-order valence-corrected chi connectivity index (χ4v) is 3.63. The van der Waals surface area contributed by atoms with Gasteiger partial charge in [-0.25, -0.2) is 9.78 Å². The van der Waals surface area contributed by atoms with Gasteiger partial charge in [0.05, 0.1) is 4.88 Å². The number of nitrogens with zero attached hydrogens (tertiary/aromatic N) is 1. The largest absolute Gasteiger partial charge is 0.476 e. The molecular formula is C16H19NO3S. The number of carboxylic acids is 1. The van der Waals surface area contributed by atoms with Crippen molar-refractivity contribution in [2.45, 2.75) is 50.9 Å². The van der Waals surface area contributed by atoms with Crippen LogP contribution in [0.3, 0.4) is 0 Å². The van der Waals surface area contributed by atoms with Crippen LogP contribution in [0.5, 0.6) is 0 Å². The average molecular weight is 305 g/mol. The molecule has 3 rings (SSSR count). The highest BCUT2D eigenvalue weighted by Gasteiger charge is 2.27. The summed E-state index contributed by atoms with van der Waals surface area (Å²) >= 11 is 1.51. The summed E-state index contributed by atoms with van der Waals surface area (Å²) in [5, 5.41) is 11.4. The summed E-state index contributed by atoms with van der Waals surface area (Å²) in [6.07, 6.45) is 8.02. The number of rotatable bonds is 3. The fraction of sp³-hybridized carbons (Fsp3) is 0.500. The van der Waals surface area contributed by atoms with E-state index in [4.69, 9.17) is 4.42 Å². The van der Waals surface area contributed by atoms with E-state index in [9.17, 15) is 9.90 Å². The molecule has 0 atom stereocenters. The molecule has 1 fully saturated rings. The van der Waals surface area contributed by atoms with Crippen LogP contribution >= 0.6 is 11.3 Å². The summed E-state index contributed by atoms with van der Waals surface area (Å²) in [6.45, 7) is 0. The zero-order valence-electron chi connectivity index (χ0n) is 11.9. The lowest BCUT2D eigenvalue weighted by molar-refractivity contribution is 0.0687. The van der Waals surface area contributed by atoms with E-state index in [-0.39, 0.29) is 11.6 Å². The Morgan fingerprint density at radius 1 is 1.24 bits per heavy atom. The molecule has 1 saturated carbocycles. The van der Waals surface area contributed by atoms with E-state index in [1.165, 1.54) is 30.6 Å². The van der Waals surface area contributed by atoms with E-state index >= 15 is 0 Å². The number of aromatic nitrogens is 1. The molecule has 1 N–H and O–H groups in total. The van der Waals surface area contributed by atoms with E-state index in [0.29, 0.717) is 11.7 Å². The van der Waals surface area contributed by atoms with Crippen molar-refractivity contribution < 1.29 is 14.3 Å². The smallest absolute Gasteiger partial charge is 0.358 e. The van der Waals surface area contributed by atoms with Gasteiger partial charge in [-0.15, -0.1) is 11.3 Å². The maximum absolute atomic E-state index is 11.5. The Morgan fingerprint density at radius 2 is 1.95 bits per heavy atom. The zero-order chi connectivity index (χ0) is 14.7. The highest BCUT2D eigenvalue weighted by atomic mass is 32.1. The molecule has 2 heterocycles. The second kappa shape index (κ2) is 6.43. The third-order valence-electron chi connectivity index (χ3n) is 4.06. The summed E-state index contributed by atoms with van der Waals surface area (Å²) < 4.78 is 5.87. The molecule has 0 aromatic carbocycles. The van der Waals surface area contributed by atoms with Crippen molar-refractivity contribution in [2.24, 2.45) is 0 Å². The van der Waals surface area contributed by atoms with Crippen molar-refractivity contribution in [3.8, 4) is 10.8 Å². The van der Waals surface area contributed by atoms with Gasteiger partial charge in [0.2, 0.25) is 5.89 Å². The molecule has 2 aromatic heterocycles. The Bertz CT molecular complexity index is 595. The van der Waals surface area contributed by atoms with Crippen LogP contribution in [0.15, 0.2) is 21.9 Å². The molecule has 1 aliphatic rings. The lowest BCUT2D eigenvalue weighted by Crippen LogP contribution is -2.08. The Morgan fingerprint density at radius 3 is 2.57 bits per heavy atom. The van der Waals surface area contributed by atoms with E-state index in [1.54, 1.807) is 0 Å². The molecule has 0 amide bonds. The van der Waals surface area contributed by atoms with Crippen LogP contribution in [-0.2, 0) is 0 Å². The Kier molecular flexibility index (Phi) is 4.39. The van der Waals surface area contributed by atoms with Gasteiger partial charge in [0.1, 0.15) is 5.76 Å². The maximum Gasteiger partial charge on any atom is 0.358 e. The third kappa shape index (κ3) is 3.18. The SMILES string of the molecule is O=C(O)c1nc(-c2cccs2)oc1C1CCCCCCC1. The Balaban J connectivity index is 1.93. The minimum absolute atomic E-state index is 0.101. The zero-order valence-corrected chi connectivity index (χ0v) is 12.7. The summed E-state index contributed by atoms with van der Waals surface area (Å²) in [4.78, 5) is 16.6. The fourth-order valence-electron chi connectivity index (χ4n) is 2.99. The van der Waals surface area contributed by atoms with Gasteiger partial charge in [-0.3, -0.25) is 0 Å². The van der Waals surface area contributed by atoms with Crippen molar-refractivity contribution >= 4 is 17.3 Å². The van der Waals surface area contributed by atoms with Gasteiger partial charge in [-0.05, 0) is 24.3 Å². The minimum atomic E-state index is -0.987. The molecular weight excluding hydrogens is 286 g/mol. The van der Waals surface area contributed by atoms with Gasteiger partial charge in [-0.2, -0.15) is 0 Å². The van der Waals surface area contributed by atoms with Crippen molar-refractivity contribution in [3.63, 3.8) is 0 Å². The van der Waals surface area contributed by atoms with Crippen molar-refractivity contribution in [3.05, 3.63) is 29.0 Å². The van der Waals surface area contributed by atoms with E-state index in [1.807, 2.05) is 17.5 Å². The van der Waals surface area contributed by atoms with Crippen LogP contribution in [0.2, 0.25) is 0 Å². The number of carbonyl (C=O) groups is 1. The molecule has 0 radical (unpaired) electrons. The lowest BCUT2D eigenvalue weighted by Gasteiger charge is -2.17. The van der Waals surface area contributed by atoms with Gasteiger partial charge in [0.25, 0.3) is 0 Å². The van der Waals surface area contributed by atoms with Gasteiger partial charge in [-0.1, -0.05) is 38.2 Å². The third-order valence-corrected chi connectivity index (χ3v) is 4.92. The van der Waals surface area contributed by atoms with Gasteiger partial charge < -0.3 is 9.52 Å². The van der Waals surface area contributed by atoms with Gasteiger partial charge in [0.15, 0.2) is 5.69 Å². The summed E-state index contributed by atoms with van der Waals surface area (Å²) in [7, 11) is 0.